The first-order valence-corrected chi connectivity index (χ1v) is 9.03. The zero-order valence-corrected chi connectivity index (χ0v) is 15.1. The second kappa shape index (κ2) is 8.95. The zero-order valence-electron chi connectivity index (χ0n) is 15.1. The third kappa shape index (κ3) is 5.02. The molecule has 1 fully saturated rings. The van der Waals surface area contributed by atoms with Crippen LogP contribution in [-0.4, -0.2) is 41.8 Å². The number of benzene rings is 2. The highest BCUT2D eigenvalue weighted by molar-refractivity contribution is 5.17. The Balaban J connectivity index is 1.72. The highest BCUT2D eigenvalue weighted by Crippen LogP contribution is 2.20. The molecule has 0 spiro atoms. The summed E-state index contributed by atoms with van der Waals surface area (Å²) >= 11 is 0. The van der Waals surface area contributed by atoms with Crippen molar-refractivity contribution < 1.29 is 4.74 Å². The van der Waals surface area contributed by atoms with E-state index in [2.05, 4.69) is 84.0 Å². The molecular formula is C22H28N2O. The number of hydrogen-bond acceptors (Lipinski definition) is 3. The first kappa shape index (κ1) is 17.9. The molecule has 132 valence electrons. The van der Waals surface area contributed by atoms with Gasteiger partial charge in [-0.1, -0.05) is 66.7 Å². The van der Waals surface area contributed by atoms with Crippen LogP contribution in [-0.2, 0) is 17.8 Å². The van der Waals surface area contributed by atoms with Gasteiger partial charge in [0.05, 0.1) is 12.8 Å². The fraction of sp³-hybridized carbons (Fsp3) is 0.364. The molecule has 1 aliphatic rings. The maximum absolute atomic E-state index is 6.07. The summed E-state index contributed by atoms with van der Waals surface area (Å²) < 4.78 is 6.07. The van der Waals surface area contributed by atoms with Crippen molar-refractivity contribution >= 4 is 0 Å². The van der Waals surface area contributed by atoms with Gasteiger partial charge in [-0.2, -0.15) is 0 Å². The lowest BCUT2D eigenvalue weighted by Crippen LogP contribution is -2.42. The van der Waals surface area contributed by atoms with E-state index in [4.69, 9.17) is 4.74 Å². The smallest absolute Gasteiger partial charge is 0.0999 e. The Labute approximate surface area is 151 Å². The van der Waals surface area contributed by atoms with E-state index < -0.39 is 0 Å². The van der Waals surface area contributed by atoms with Crippen LogP contribution in [0.5, 0.6) is 0 Å². The molecule has 1 saturated heterocycles. The first-order chi connectivity index (χ1) is 12.3. The highest BCUT2D eigenvalue weighted by atomic mass is 16.5. The average Bonchev–Trinajstić information content (AvgIpc) is 3.11. The minimum absolute atomic E-state index is 0.229. The van der Waals surface area contributed by atoms with Gasteiger partial charge in [-0.15, -0.1) is 6.58 Å². The Morgan fingerprint density at radius 1 is 1.08 bits per heavy atom. The van der Waals surface area contributed by atoms with Gasteiger partial charge in [-0.3, -0.25) is 9.80 Å². The maximum Gasteiger partial charge on any atom is 0.0999 e. The normalized spacial score (nSPS) is 19.2. The molecule has 0 N–H and O–H groups in total. The lowest BCUT2D eigenvalue weighted by atomic mass is 10.1. The Morgan fingerprint density at radius 2 is 1.64 bits per heavy atom. The van der Waals surface area contributed by atoms with Gasteiger partial charge in [0.15, 0.2) is 0 Å². The van der Waals surface area contributed by atoms with Crippen LogP contribution in [0, 0.1) is 0 Å². The Bertz CT molecular complexity index is 602. The monoisotopic (exact) mass is 336 g/mol. The molecule has 25 heavy (non-hydrogen) atoms. The van der Waals surface area contributed by atoms with Gasteiger partial charge in [0, 0.05) is 32.2 Å². The van der Waals surface area contributed by atoms with Crippen molar-refractivity contribution in [2.45, 2.75) is 32.2 Å². The minimum atomic E-state index is 0.229. The van der Waals surface area contributed by atoms with Crippen LogP contribution in [0.4, 0.5) is 0 Å². The number of hydrogen-bond donors (Lipinski definition) is 0. The molecule has 1 heterocycles. The molecular weight excluding hydrogens is 308 g/mol. The van der Waals surface area contributed by atoms with Crippen molar-refractivity contribution in [2.75, 3.05) is 19.8 Å². The van der Waals surface area contributed by atoms with Gasteiger partial charge in [-0.05, 0) is 18.1 Å². The van der Waals surface area contributed by atoms with E-state index in [0.717, 1.165) is 26.2 Å². The Morgan fingerprint density at radius 3 is 2.16 bits per heavy atom. The van der Waals surface area contributed by atoms with Crippen LogP contribution in [0.3, 0.4) is 0 Å². The van der Waals surface area contributed by atoms with E-state index in [9.17, 15) is 0 Å². The maximum atomic E-state index is 6.07. The summed E-state index contributed by atoms with van der Waals surface area (Å²) in [6, 6.07) is 21.7. The van der Waals surface area contributed by atoms with Crippen molar-refractivity contribution in [2.24, 2.45) is 0 Å². The molecule has 0 aromatic heterocycles. The Hall–Kier alpha value is -1.94. The molecule has 2 atom stereocenters. The number of rotatable bonds is 8. The topological polar surface area (TPSA) is 15.7 Å². The molecule has 0 bridgehead atoms. The van der Waals surface area contributed by atoms with E-state index in [1.807, 2.05) is 6.08 Å². The SMILES string of the molecule is C=CCN1CO[C@@H]([C@H](C)N(Cc2ccccc2)Cc2ccccc2)C1. The van der Waals surface area contributed by atoms with E-state index in [-0.39, 0.29) is 6.10 Å². The Kier molecular flexibility index (Phi) is 6.40. The standard InChI is InChI=1S/C22H28N2O/c1-3-14-23-17-22(25-18-23)19(2)24(15-20-10-6-4-7-11-20)16-21-12-8-5-9-13-21/h3-13,19,22H,1,14-18H2,2H3/t19-,22+/m0/s1. The number of ether oxygens (including phenoxy) is 1. The second-order valence-electron chi connectivity index (χ2n) is 6.78. The minimum Gasteiger partial charge on any atom is -0.360 e. The highest BCUT2D eigenvalue weighted by Gasteiger charge is 2.30. The largest absolute Gasteiger partial charge is 0.360 e. The first-order valence-electron chi connectivity index (χ1n) is 9.03. The average molecular weight is 336 g/mol. The van der Waals surface area contributed by atoms with Crippen LogP contribution in [0.15, 0.2) is 73.3 Å². The summed E-state index contributed by atoms with van der Waals surface area (Å²) in [5, 5.41) is 0. The molecule has 0 radical (unpaired) electrons. The van der Waals surface area contributed by atoms with Crippen LogP contribution in [0.1, 0.15) is 18.1 Å². The van der Waals surface area contributed by atoms with E-state index in [1.54, 1.807) is 0 Å². The van der Waals surface area contributed by atoms with Gasteiger partial charge in [-0.25, -0.2) is 0 Å². The molecule has 2 aromatic rings. The van der Waals surface area contributed by atoms with E-state index >= 15 is 0 Å². The van der Waals surface area contributed by atoms with Crippen molar-refractivity contribution in [1.82, 2.24) is 9.80 Å². The summed E-state index contributed by atoms with van der Waals surface area (Å²) in [7, 11) is 0. The summed E-state index contributed by atoms with van der Waals surface area (Å²) in [5.74, 6) is 0. The molecule has 0 unspecified atom stereocenters. The van der Waals surface area contributed by atoms with Gasteiger partial charge >= 0.3 is 0 Å². The van der Waals surface area contributed by atoms with Crippen LogP contribution in [0.2, 0.25) is 0 Å². The molecule has 3 rings (SSSR count). The van der Waals surface area contributed by atoms with Crippen molar-refractivity contribution in [3.63, 3.8) is 0 Å². The third-order valence-electron chi connectivity index (χ3n) is 4.87. The van der Waals surface area contributed by atoms with Crippen LogP contribution >= 0.6 is 0 Å². The van der Waals surface area contributed by atoms with Crippen molar-refractivity contribution in [3.05, 3.63) is 84.4 Å². The molecule has 2 aromatic carbocycles. The number of nitrogens with zero attached hydrogens (tertiary/aromatic N) is 2. The second-order valence-corrected chi connectivity index (χ2v) is 6.78. The molecule has 3 heteroatoms. The summed E-state index contributed by atoms with van der Waals surface area (Å²) in [5.41, 5.74) is 2.68. The quantitative estimate of drug-likeness (QED) is 0.680. The predicted octanol–water partition coefficient (Wildman–Crippen LogP) is 3.92. The van der Waals surface area contributed by atoms with Gasteiger partial charge in [0.1, 0.15) is 0 Å². The fourth-order valence-corrected chi connectivity index (χ4v) is 3.38. The zero-order chi connectivity index (χ0) is 17.5. The van der Waals surface area contributed by atoms with Crippen LogP contribution in [0.25, 0.3) is 0 Å². The van der Waals surface area contributed by atoms with E-state index in [0.29, 0.717) is 12.8 Å². The summed E-state index contributed by atoms with van der Waals surface area (Å²) in [4.78, 5) is 4.82. The van der Waals surface area contributed by atoms with Gasteiger partial charge in [0.25, 0.3) is 0 Å². The molecule has 3 nitrogen and oxygen atoms in total. The third-order valence-corrected chi connectivity index (χ3v) is 4.87. The molecule has 0 saturated carbocycles. The molecule has 0 aliphatic carbocycles. The summed E-state index contributed by atoms with van der Waals surface area (Å²) in [6.45, 7) is 10.5. The van der Waals surface area contributed by atoms with Crippen molar-refractivity contribution in [3.8, 4) is 0 Å². The lowest BCUT2D eigenvalue weighted by Gasteiger charge is -2.32. The van der Waals surface area contributed by atoms with Crippen molar-refractivity contribution in [1.29, 1.82) is 0 Å². The lowest BCUT2D eigenvalue weighted by molar-refractivity contribution is 0.0232. The van der Waals surface area contributed by atoms with E-state index in [1.165, 1.54) is 11.1 Å². The van der Waals surface area contributed by atoms with Gasteiger partial charge in [0.2, 0.25) is 0 Å². The molecule has 0 amide bonds. The van der Waals surface area contributed by atoms with Crippen LogP contribution < -0.4 is 0 Å². The summed E-state index contributed by atoms with van der Waals surface area (Å²) in [6.07, 6.45) is 2.18. The fourth-order valence-electron chi connectivity index (χ4n) is 3.38. The molecule has 1 aliphatic heterocycles. The van der Waals surface area contributed by atoms with Gasteiger partial charge < -0.3 is 4.74 Å². The predicted molar refractivity (Wildman–Crippen MR) is 103 cm³/mol.